The molecule has 0 saturated carbocycles. The van der Waals surface area contributed by atoms with Gasteiger partial charge in [-0.05, 0) is 20.4 Å². The van der Waals surface area contributed by atoms with Gasteiger partial charge in [0.25, 0.3) is 0 Å². The van der Waals surface area contributed by atoms with E-state index in [2.05, 4.69) is 29.2 Å². The van der Waals surface area contributed by atoms with Gasteiger partial charge in [-0.15, -0.1) is 11.3 Å². The van der Waals surface area contributed by atoms with Crippen molar-refractivity contribution in [2.24, 2.45) is 0 Å². The Balaban J connectivity index is 1.80. The lowest BCUT2D eigenvalue weighted by Crippen LogP contribution is -2.34. The van der Waals surface area contributed by atoms with E-state index in [0.29, 0.717) is 6.04 Å². The normalized spacial score (nSPS) is 25.5. The number of rotatable bonds is 4. The van der Waals surface area contributed by atoms with Gasteiger partial charge in [-0.25, -0.2) is 4.98 Å². The molecule has 0 amide bonds. The second kappa shape index (κ2) is 5.23. The summed E-state index contributed by atoms with van der Waals surface area (Å²) in [6, 6.07) is 0.424. The molecule has 0 bridgehead atoms. The van der Waals surface area contributed by atoms with Gasteiger partial charge < -0.3 is 10.4 Å². The summed E-state index contributed by atoms with van der Waals surface area (Å²) < 4.78 is 0. The zero-order valence-corrected chi connectivity index (χ0v) is 10.6. The standard InChI is InChI=1S/C11H19N3OS/c1-8-11(16-7-13-8)6-14(2)5-9-3-10(15)4-12-9/h7,9-10,12,15H,3-6H2,1-2H3. The fourth-order valence-corrected chi connectivity index (χ4v) is 2.96. The molecule has 2 unspecified atom stereocenters. The number of β-amino-alcohol motifs (C(OH)–C–C–N with tert-alkyl or cyclic N) is 1. The molecule has 1 aromatic rings. The molecule has 1 aliphatic rings. The summed E-state index contributed by atoms with van der Waals surface area (Å²) in [6.07, 6.45) is 0.704. The van der Waals surface area contributed by atoms with Gasteiger partial charge in [0.2, 0.25) is 0 Å². The third kappa shape index (κ3) is 3.01. The van der Waals surface area contributed by atoms with Crippen LogP contribution in [0.1, 0.15) is 17.0 Å². The van der Waals surface area contributed by atoms with Crippen LogP contribution >= 0.6 is 11.3 Å². The van der Waals surface area contributed by atoms with Gasteiger partial charge in [0.05, 0.1) is 17.3 Å². The highest BCUT2D eigenvalue weighted by Gasteiger charge is 2.23. The van der Waals surface area contributed by atoms with E-state index < -0.39 is 0 Å². The molecule has 0 aromatic carbocycles. The maximum Gasteiger partial charge on any atom is 0.0798 e. The smallest absolute Gasteiger partial charge is 0.0798 e. The third-order valence-electron chi connectivity index (χ3n) is 2.99. The van der Waals surface area contributed by atoms with Crippen molar-refractivity contribution in [3.05, 3.63) is 16.1 Å². The first-order valence-electron chi connectivity index (χ1n) is 5.64. The molecule has 2 heterocycles. The molecule has 2 N–H and O–H groups in total. The Bertz CT molecular complexity index is 342. The molecule has 16 heavy (non-hydrogen) atoms. The molecule has 0 aliphatic carbocycles. The summed E-state index contributed by atoms with van der Waals surface area (Å²) in [5.74, 6) is 0. The summed E-state index contributed by atoms with van der Waals surface area (Å²) in [4.78, 5) is 7.87. The van der Waals surface area contributed by atoms with E-state index in [0.717, 1.165) is 31.7 Å². The maximum absolute atomic E-state index is 9.42. The fourth-order valence-electron chi connectivity index (χ4n) is 2.10. The molecule has 90 valence electrons. The maximum atomic E-state index is 9.42. The summed E-state index contributed by atoms with van der Waals surface area (Å²) in [5, 5.41) is 12.8. The van der Waals surface area contributed by atoms with Crippen molar-refractivity contribution in [2.75, 3.05) is 20.1 Å². The second-order valence-corrected chi connectivity index (χ2v) is 5.49. The average Bonchev–Trinajstić information content (AvgIpc) is 2.77. The van der Waals surface area contributed by atoms with E-state index in [1.807, 2.05) is 5.51 Å². The predicted octanol–water partition coefficient (Wildman–Crippen LogP) is 0.606. The number of aliphatic hydroxyl groups is 1. The largest absolute Gasteiger partial charge is 0.392 e. The van der Waals surface area contributed by atoms with Gasteiger partial charge >= 0.3 is 0 Å². The number of aromatic nitrogens is 1. The van der Waals surface area contributed by atoms with Crippen molar-refractivity contribution in [3.8, 4) is 0 Å². The van der Waals surface area contributed by atoms with Crippen LogP contribution in [0, 0.1) is 6.92 Å². The summed E-state index contributed by atoms with van der Waals surface area (Å²) in [6.45, 7) is 4.72. The van der Waals surface area contributed by atoms with E-state index in [1.54, 1.807) is 11.3 Å². The molecule has 4 nitrogen and oxygen atoms in total. The lowest BCUT2D eigenvalue weighted by molar-refractivity contribution is 0.189. The topological polar surface area (TPSA) is 48.4 Å². The predicted molar refractivity (Wildman–Crippen MR) is 65.6 cm³/mol. The summed E-state index contributed by atoms with van der Waals surface area (Å²) in [7, 11) is 2.12. The SMILES string of the molecule is Cc1ncsc1CN(C)CC1CC(O)CN1. The molecule has 1 aromatic heterocycles. The molecule has 1 aliphatic heterocycles. The van der Waals surface area contributed by atoms with Crippen LogP contribution < -0.4 is 5.32 Å². The molecule has 0 spiro atoms. The average molecular weight is 241 g/mol. The van der Waals surface area contributed by atoms with E-state index in [9.17, 15) is 5.11 Å². The van der Waals surface area contributed by atoms with Crippen LogP contribution in [0.3, 0.4) is 0 Å². The van der Waals surface area contributed by atoms with Gasteiger partial charge in [-0.2, -0.15) is 0 Å². The molecule has 1 saturated heterocycles. The molecular weight excluding hydrogens is 222 g/mol. The quantitative estimate of drug-likeness (QED) is 0.811. The van der Waals surface area contributed by atoms with Crippen LogP contribution in [0.15, 0.2) is 5.51 Å². The Morgan fingerprint density at radius 3 is 3.06 bits per heavy atom. The number of likely N-dealkylation sites (N-methyl/N-ethyl adjacent to an activating group) is 1. The Morgan fingerprint density at radius 1 is 1.69 bits per heavy atom. The number of nitrogens with zero attached hydrogens (tertiary/aromatic N) is 2. The Labute approximate surface area is 100 Å². The van der Waals surface area contributed by atoms with Gasteiger partial charge in [-0.3, -0.25) is 4.90 Å². The number of aliphatic hydroxyl groups excluding tert-OH is 1. The van der Waals surface area contributed by atoms with Crippen molar-refractivity contribution in [2.45, 2.75) is 32.0 Å². The van der Waals surface area contributed by atoms with Crippen LogP contribution in [0.4, 0.5) is 0 Å². The minimum Gasteiger partial charge on any atom is -0.392 e. The van der Waals surface area contributed by atoms with Crippen molar-refractivity contribution < 1.29 is 5.11 Å². The zero-order chi connectivity index (χ0) is 11.5. The number of hydrogen-bond acceptors (Lipinski definition) is 5. The molecule has 2 rings (SSSR count). The Kier molecular flexibility index (Phi) is 3.91. The van der Waals surface area contributed by atoms with Crippen LogP contribution in [0.2, 0.25) is 0 Å². The lowest BCUT2D eigenvalue weighted by Gasteiger charge is -2.20. The van der Waals surface area contributed by atoms with Crippen molar-refractivity contribution >= 4 is 11.3 Å². The van der Waals surface area contributed by atoms with Crippen molar-refractivity contribution in [3.63, 3.8) is 0 Å². The molecule has 2 atom stereocenters. The number of hydrogen-bond donors (Lipinski definition) is 2. The number of nitrogens with one attached hydrogen (secondary N) is 1. The number of aryl methyl sites for hydroxylation is 1. The van der Waals surface area contributed by atoms with Crippen LogP contribution in [0.25, 0.3) is 0 Å². The minimum atomic E-state index is -0.163. The lowest BCUT2D eigenvalue weighted by atomic mass is 10.2. The third-order valence-corrected chi connectivity index (χ3v) is 3.91. The Morgan fingerprint density at radius 2 is 2.50 bits per heavy atom. The van der Waals surface area contributed by atoms with Crippen molar-refractivity contribution in [1.29, 1.82) is 0 Å². The zero-order valence-electron chi connectivity index (χ0n) is 9.81. The Hall–Kier alpha value is -0.490. The first-order valence-corrected chi connectivity index (χ1v) is 6.52. The second-order valence-electron chi connectivity index (χ2n) is 4.55. The highest BCUT2D eigenvalue weighted by Crippen LogP contribution is 2.15. The minimum absolute atomic E-state index is 0.163. The van der Waals surface area contributed by atoms with E-state index in [-0.39, 0.29) is 6.10 Å². The van der Waals surface area contributed by atoms with E-state index >= 15 is 0 Å². The van der Waals surface area contributed by atoms with Gasteiger partial charge in [0, 0.05) is 30.6 Å². The van der Waals surface area contributed by atoms with Crippen LogP contribution in [-0.4, -0.2) is 47.3 Å². The summed E-state index contributed by atoms with van der Waals surface area (Å²) in [5.41, 5.74) is 3.03. The number of thiazole rings is 1. The first kappa shape index (κ1) is 12.0. The highest BCUT2D eigenvalue weighted by molar-refractivity contribution is 7.09. The highest BCUT2D eigenvalue weighted by atomic mass is 32.1. The first-order chi connectivity index (χ1) is 7.65. The van der Waals surface area contributed by atoms with Gasteiger partial charge in [0.15, 0.2) is 0 Å². The summed E-state index contributed by atoms with van der Waals surface area (Å²) >= 11 is 1.71. The van der Waals surface area contributed by atoms with Gasteiger partial charge in [0.1, 0.15) is 0 Å². The molecule has 1 fully saturated rings. The molecule has 5 heteroatoms. The molecular formula is C11H19N3OS. The molecule has 0 radical (unpaired) electrons. The van der Waals surface area contributed by atoms with Crippen LogP contribution in [0.5, 0.6) is 0 Å². The van der Waals surface area contributed by atoms with Crippen molar-refractivity contribution in [1.82, 2.24) is 15.2 Å². The monoisotopic (exact) mass is 241 g/mol. The van der Waals surface area contributed by atoms with Crippen LogP contribution in [-0.2, 0) is 6.54 Å². The fraction of sp³-hybridized carbons (Fsp3) is 0.727. The van der Waals surface area contributed by atoms with Gasteiger partial charge in [-0.1, -0.05) is 0 Å². The van der Waals surface area contributed by atoms with E-state index in [1.165, 1.54) is 4.88 Å². The van der Waals surface area contributed by atoms with E-state index in [4.69, 9.17) is 0 Å².